The molecule has 0 unspecified atom stereocenters. The van der Waals surface area contributed by atoms with E-state index in [1.165, 1.54) is 5.56 Å². The number of carbonyl (C=O) groups is 1. The molecule has 0 saturated heterocycles. The first-order chi connectivity index (χ1) is 14.0. The monoisotopic (exact) mass is 387 g/mol. The number of nitrogens with one attached hydrogen (secondary N) is 1. The van der Waals surface area contributed by atoms with Crippen LogP contribution in [0, 0.1) is 13.8 Å². The van der Waals surface area contributed by atoms with Crippen LogP contribution in [0.2, 0.25) is 0 Å². The molecule has 0 aliphatic rings. The van der Waals surface area contributed by atoms with Crippen molar-refractivity contribution in [2.75, 3.05) is 7.11 Å². The van der Waals surface area contributed by atoms with Gasteiger partial charge in [-0.1, -0.05) is 29.8 Å². The van der Waals surface area contributed by atoms with Crippen LogP contribution in [0.3, 0.4) is 0 Å². The number of aryl methyl sites for hydroxylation is 2. The Morgan fingerprint density at radius 1 is 1.03 bits per heavy atom. The van der Waals surface area contributed by atoms with Gasteiger partial charge in [-0.3, -0.25) is 4.79 Å². The zero-order chi connectivity index (χ0) is 20.4. The molecule has 2 aromatic heterocycles. The summed E-state index contributed by atoms with van der Waals surface area (Å²) < 4.78 is 6.85. The van der Waals surface area contributed by atoms with Gasteiger partial charge in [0.05, 0.1) is 19.3 Å². The van der Waals surface area contributed by atoms with E-state index < -0.39 is 0 Å². The molecule has 4 rings (SSSR count). The number of carbonyl (C=O) groups excluding carboxylic acids is 1. The second-order valence-electron chi connectivity index (χ2n) is 6.83. The van der Waals surface area contributed by atoms with Crippen molar-refractivity contribution >= 4 is 11.6 Å². The van der Waals surface area contributed by atoms with Crippen molar-refractivity contribution < 1.29 is 9.53 Å². The molecule has 0 fully saturated rings. The fourth-order valence-corrected chi connectivity index (χ4v) is 3.09. The molecule has 0 aliphatic carbocycles. The van der Waals surface area contributed by atoms with Crippen LogP contribution in [0.5, 0.6) is 5.75 Å². The lowest BCUT2D eigenvalue weighted by molar-refractivity contribution is 0.0949. The largest absolute Gasteiger partial charge is 0.497 e. The molecular weight excluding hydrogens is 366 g/mol. The quantitative estimate of drug-likeness (QED) is 0.568. The van der Waals surface area contributed by atoms with E-state index in [1.807, 2.05) is 56.3 Å². The van der Waals surface area contributed by atoms with Crippen molar-refractivity contribution in [1.29, 1.82) is 0 Å². The molecule has 0 spiro atoms. The first-order valence-corrected chi connectivity index (χ1v) is 9.26. The van der Waals surface area contributed by atoms with Crippen LogP contribution in [0.1, 0.15) is 27.3 Å². The summed E-state index contributed by atoms with van der Waals surface area (Å²) in [5, 5.41) is 15.9. The Morgan fingerprint density at radius 3 is 2.55 bits per heavy atom. The van der Waals surface area contributed by atoms with E-state index in [1.54, 1.807) is 23.8 Å². The second kappa shape index (κ2) is 7.71. The average Bonchev–Trinajstić information content (AvgIpc) is 3.14. The summed E-state index contributed by atoms with van der Waals surface area (Å²) >= 11 is 0. The highest BCUT2D eigenvalue weighted by Gasteiger charge is 2.13. The maximum Gasteiger partial charge on any atom is 0.251 e. The van der Waals surface area contributed by atoms with Gasteiger partial charge in [0.15, 0.2) is 11.5 Å². The fraction of sp³-hybridized carbons (Fsp3) is 0.182. The van der Waals surface area contributed by atoms with Crippen LogP contribution in [-0.4, -0.2) is 32.8 Å². The van der Waals surface area contributed by atoms with Crippen LogP contribution in [0.4, 0.5) is 0 Å². The van der Waals surface area contributed by atoms with Gasteiger partial charge in [-0.2, -0.15) is 9.61 Å². The Morgan fingerprint density at radius 2 is 1.83 bits per heavy atom. The molecule has 2 heterocycles. The SMILES string of the molecule is COc1ccc(C(=O)NCc2nnc3ccc(-c4ccc(C)cc4)nn23)c(C)c1. The van der Waals surface area contributed by atoms with E-state index in [0.717, 1.165) is 22.6 Å². The van der Waals surface area contributed by atoms with E-state index in [0.29, 0.717) is 17.0 Å². The van der Waals surface area contributed by atoms with E-state index >= 15 is 0 Å². The molecule has 1 N–H and O–H groups in total. The number of nitrogens with zero attached hydrogens (tertiary/aromatic N) is 4. The predicted octanol–water partition coefficient (Wildman–Crippen LogP) is 3.35. The molecule has 7 nitrogen and oxygen atoms in total. The summed E-state index contributed by atoms with van der Waals surface area (Å²) in [5.74, 6) is 1.10. The summed E-state index contributed by atoms with van der Waals surface area (Å²) in [6.45, 7) is 4.14. The highest BCUT2D eigenvalue weighted by molar-refractivity contribution is 5.95. The van der Waals surface area contributed by atoms with E-state index in [4.69, 9.17) is 4.74 Å². The number of methoxy groups -OCH3 is 1. The maximum absolute atomic E-state index is 12.6. The normalized spacial score (nSPS) is 10.9. The number of hydrogen-bond donors (Lipinski definition) is 1. The Kier molecular flexibility index (Phi) is 4.95. The maximum atomic E-state index is 12.6. The Balaban J connectivity index is 1.56. The van der Waals surface area contributed by atoms with E-state index in [2.05, 4.69) is 20.6 Å². The highest BCUT2D eigenvalue weighted by Crippen LogP contribution is 2.19. The number of aromatic nitrogens is 4. The first-order valence-electron chi connectivity index (χ1n) is 9.26. The van der Waals surface area contributed by atoms with Crippen molar-refractivity contribution in [2.24, 2.45) is 0 Å². The summed E-state index contributed by atoms with van der Waals surface area (Å²) in [6, 6.07) is 17.3. The van der Waals surface area contributed by atoms with Crippen molar-refractivity contribution in [3.63, 3.8) is 0 Å². The molecule has 0 atom stereocenters. The van der Waals surface area contributed by atoms with Gasteiger partial charge in [0, 0.05) is 11.1 Å². The van der Waals surface area contributed by atoms with Crippen molar-refractivity contribution in [3.05, 3.63) is 77.1 Å². The molecule has 2 aromatic carbocycles. The number of fused-ring (bicyclic) bond motifs is 1. The zero-order valence-corrected chi connectivity index (χ0v) is 16.5. The van der Waals surface area contributed by atoms with Crippen LogP contribution in [0.15, 0.2) is 54.6 Å². The van der Waals surface area contributed by atoms with Crippen molar-refractivity contribution in [2.45, 2.75) is 20.4 Å². The van der Waals surface area contributed by atoms with Crippen LogP contribution in [-0.2, 0) is 6.54 Å². The van der Waals surface area contributed by atoms with Crippen molar-refractivity contribution in [1.82, 2.24) is 25.1 Å². The lowest BCUT2D eigenvalue weighted by Crippen LogP contribution is -2.25. The van der Waals surface area contributed by atoms with E-state index in [9.17, 15) is 4.79 Å². The smallest absolute Gasteiger partial charge is 0.251 e. The number of rotatable bonds is 5. The first kappa shape index (κ1) is 18.6. The molecule has 0 saturated carbocycles. The van der Waals surface area contributed by atoms with Gasteiger partial charge in [0.1, 0.15) is 5.75 Å². The van der Waals surface area contributed by atoms with Gasteiger partial charge in [0.2, 0.25) is 0 Å². The van der Waals surface area contributed by atoms with Crippen LogP contribution >= 0.6 is 0 Å². The topological polar surface area (TPSA) is 81.4 Å². The van der Waals surface area contributed by atoms with Gasteiger partial charge in [-0.15, -0.1) is 10.2 Å². The van der Waals surface area contributed by atoms with E-state index in [-0.39, 0.29) is 12.5 Å². The minimum absolute atomic E-state index is 0.184. The predicted molar refractivity (Wildman–Crippen MR) is 110 cm³/mol. The van der Waals surface area contributed by atoms with Crippen LogP contribution < -0.4 is 10.1 Å². The van der Waals surface area contributed by atoms with Crippen molar-refractivity contribution in [3.8, 4) is 17.0 Å². The van der Waals surface area contributed by atoms with Crippen LogP contribution in [0.25, 0.3) is 16.9 Å². The summed E-state index contributed by atoms with van der Waals surface area (Å²) in [6.07, 6.45) is 0. The number of benzene rings is 2. The van der Waals surface area contributed by atoms with Gasteiger partial charge >= 0.3 is 0 Å². The zero-order valence-electron chi connectivity index (χ0n) is 16.5. The Bertz CT molecular complexity index is 1180. The molecule has 29 heavy (non-hydrogen) atoms. The summed E-state index contributed by atoms with van der Waals surface area (Å²) in [4.78, 5) is 12.6. The third kappa shape index (κ3) is 3.80. The Labute approximate surface area is 168 Å². The lowest BCUT2D eigenvalue weighted by Gasteiger charge is -2.09. The fourth-order valence-electron chi connectivity index (χ4n) is 3.09. The minimum atomic E-state index is -0.184. The molecule has 0 radical (unpaired) electrons. The van der Waals surface area contributed by atoms with Gasteiger partial charge < -0.3 is 10.1 Å². The van der Waals surface area contributed by atoms with Gasteiger partial charge in [0.25, 0.3) is 5.91 Å². The third-order valence-corrected chi connectivity index (χ3v) is 4.76. The third-order valence-electron chi connectivity index (χ3n) is 4.76. The average molecular weight is 387 g/mol. The number of hydrogen-bond acceptors (Lipinski definition) is 5. The molecular formula is C22H21N5O2. The minimum Gasteiger partial charge on any atom is -0.497 e. The van der Waals surface area contributed by atoms with Gasteiger partial charge in [-0.25, -0.2) is 0 Å². The summed E-state index contributed by atoms with van der Waals surface area (Å²) in [7, 11) is 1.60. The molecule has 146 valence electrons. The molecule has 1 amide bonds. The number of ether oxygens (including phenoxy) is 1. The molecule has 0 bridgehead atoms. The highest BCUT2D eigenvalue weighted by atomic mass is 16.5. The standard InChI is InChI=1S/C22H21N5O2/c1-14-4-6-16(7-5-14)19-10-11-20-24-25-21(27(20)26-19)13-23-22(28)18-9-8-17(29-3)12-15(18)2/h4-12H,13H2,1-3H3,(H,23,28). The molecule has 0 aliphatic heterocycles. The Hall–Kier alpha value is -3.74. The second-order valence-corrected chi connectivity index (χ2v) is 6.83. The molecule has 4 aromatic rings. The summed E-state index contributed by atoms with van der Waals surface area (Å²) in [5.41, 5.74) is 5.08. The van der Waals surface area contributed by atoms with Gasteiger partial charge in [-0.05, 0) is 49.7 Å². The lowest BCUT2D eigenvalue weighted by atomic mass is 10.1. The number of amides is 1. The molecule has 7 heteroatoms.